The Balaban J connectivity index is 1.47. The number of rotatable bonds is 6. The SMILES string of the molecule is N=C(N)c1cccc(-c2cccc(OC(=O)Nc3ccc(-c4ccccc4S(N)(=O)=O)cc3)c2)c1. The van der Waals surface area contributed by atoms with E-state index in [1.54, 1.807) is 78.9 Å². The minimum Gasteiger partial charge on any atom is -0.410 e. The second-order valence-electron chi connectivity index (χ2n) is 7.66. The number of amides is 1. The van der Waals surface area contributed by atoms with E-state index in [9.17, 15) is 13.2 Å². The topological polar surface area (TPSA) is 148 Å². The normalized spacial score (nSPS) is 11.0. The summed E-state index contributed by atoms with van der Waals surface area (Å²) >= 11 is 0. The molecule has 0 unspecified atom stereocenters. The number of ether oxygens (including phenoxy) is 1. The first kappa shape index (κ1) is 23.7. The van der Waals surface area contributed by atoms with Crippen LogP contribution in [0.4, 0.5) is 10.5 Å². The summed E-state index contributed by atoms with van der Waals surface area (Å²) in [6.45, 7) is 0. The van der Waals surface area contributed by atoms with Crippen molar-refractivity contribution in [3.05, 3.63) is 103 Å². The average molecular weight is 487 g/mol. The fourth-order valence-corrected chi connectivity index (χ4v) is 4.30. The number of nitrogens with two attached hydrogens (primary N) is 2. The Morgan fingerprint density at radius 2 is 1.46 bits per heavy atom. The fraction of sp³-hybridized carbons (Fsp3) is 0. The highest BCUT2D eigenvalue weighted by Gasteiger charge is 2.15. The summed E-state index contributed by atoms with van der Waals surface area (Å²) in [4.78, 5) is 12.5. The van der Waals surface area contributed by atoms with Crippen LogP contribution in [-0.4, -0.2) is 20.3 Å². The Hall–Kier alpha value is -4.47. The lowest BCUT2D eigenvalue weighted by Crippen LogP contribution is -2.16. The van der Waals surface area contributed by atoms with Crippen molar-refractivity contribution in [2.24, 2.45) is 10.9 Å². The molecule has 8 nitrogen and oxygen atoms in total. The van der Waals surface area contributed by atoms with Crippen LogP contribution in [0, 0.1) is 5.41 Å². The van der Waals surface area contributed by atoms with Gasteiger partial charge in [0.05, 0.1) is 4.90 Å². The van der Waals surface area contributed by atoms with Gasteiger partial charge in [0.15, 0.2) is 0 Å². The molecule has 0 heterocycles. The molecule has 0 aliphatic rings. The van der Waals surface area contributed by atoms with Crippen LogP contribution in [0.2, 0.25) is 0 Å². The van der Waals surface area contributed by atoms with Gasteiger partial charge in [-0.15, -0.1) is 0 Å². The zero-order valence-electron chi connectivity index (χ0n) is 18.4. The highest BCUT2D eigenvalue weighted by Crippen LogP contribution is 2.28. The van der Waals surface area contributed by atoms with Crippen LogP contribution in [0.5, 0.6) is 5.75 Å². The van der Waals surface area contributed by atoms with E-state index >= 15 is 0 Å². The van der Waals surface area contributed by atoms with E-state index in [0.717, 1.165) is 11.1 Å². The Kier molecular flexibility index (Phi) is 6.63. The number of sulfonamides is 1. The highest BCUT2D eigenvalue weighted by atomic mass is 32.2. The molecule has 6 N–H and O–H groups in total. The second kappa shape index (κ2) is 9.80. The van der Waals surface area contributed by atoms with Crippen LogP contribution in [0.1, 0.15) is 5.56 Å². The smallest absolute Gasteiger partial charge is 0.410 e. The summed E-state index contributed by atoms with van der Waals surface area (Å²) in [6.07, 6.45) is -0.683. The maximum Gasteiger partial charge on any atom is 0.417 e. The first-order chi connectivity index (χ1) is 16.7. The number of benzene rings is 4. The van der Waals surface area contributed by atoms with Gasteiger partial charge in [-0.05, 0) is 53.1 Å². The molecule has 0 radical (unpaired) electrons. The van der Waals surface area contributed by atoms with Crippen molar-refractivity contribution in [1.82, 2.24) is 0 Å². The van der Waals surface area contributed by atoms with E-state index in [4.69, 9.17) is 21.0 Å². The monoisotopic (exact) mass is 486 g/mol. The van der Waals surface area contributed by atoms with Gasteiger partial charge >= 0.3 is 6.09 Å². The Morgan fingerprint density at radius 3 is 2.14 bits per heavy atom. The first-order valence-corrected chi connectivity index (χ1v) is 12.0. The van der Waals surface area contributed by atoms with Gasteiger partial charge in [0.1, 0.15) is 11.6 Å². The number of carbonyl (C=O) groups is 1. The van der Waals surface area contributed by atoms with E-state index in [1.165, 1.54) is 6.07 Å². The lowest BCUT2D eigenvalue weighted by atomic mass is 10.0. The Morgan fingerprint density at radius 1 is 0.800 bits per heavy atom. The van der Waals surface area contributed by atoms with Crippen molar-refractivity contribution >= 4 is 27.6 Å². The molecular weight excluding hydrogens is 464 g/mol. The lowest BCUT2D eigenvalue weighted by Gasteiger charge is -2.11. The van der Waals surface area contributed by atoms with Gasteiger partial charge in [-0.3, -0.25) is 10.7 Å². The lowest BCUT2D eigenvalue weighted by molar-refractivity contribution is 0.215. The van der Waals surface area contributed by atoms with Crippen LogP contribution in [0.25, 0.3) is 22.3 Å². The molecule has 0 aromatic heterocycles. The van der Waals surface area contributed by atoms with Crippen molar-refractivity contribution in [3.8, 4) is 28.0 Å². The maximum absolute atomic E-state index is 12.4. The van der Waals surface area contributed by atoms with E-state index in [-0.39, 0.29) is 10.7 Å². The average Bonchev–Trinajstić information content (AvgIpc) is 2.84. The van der Waals surface area contributed by atoms with Gasteiger partial charge in [-0.2, -0.15) is 0 Å². The third kappa shape index (κ3) is 5.72. The predicted octanol–water partition coefficient (Wildman–Crippen LogP) is 4.56. The quantitative estimate of drug-likeness (QED) is 0.233. The van der Waals surface area contributed by atoms with Crippen molar-refractivity contribution in [3.63, 3.8) is 0 Å². The molecule has 0 aliphatic heterocycles. The van der Waals surface area contributed by atoms with Crippen LogP contribution in [-0.2, 0) is 10.0 Å². The Labute approximate surface area is 202 Å². The standard InChI is InChI=1S/C26H22N4O4S/c27-25(28)20-7-3-5-18(15-20)19-6-4-8-22(16-19)34-26(31)30-21-13-11-17(12-14-21)23-9-1-2-10-24(23)35(29,32)33/h1-16H,(H3,27,28)(H,30,31)(H2,29,32,33). The van der Waals surface area contributed by atoms with E-state index in [2.05, 4.69) is 5.32 Å². The fourth-order valence-electron chi connectivity index (χ4n) is 3.54. The zero-order chi connectivity index (χ0) is 25.0. The molecule has 0 saturated heterocycles. The zero-order valence-corrected chi connectivity index (χ0v) is 19.3. The third-order valence-electron chi connectivity index (χ3n) is 5.19. The number of carbonyl (C=O) groups excluding carboxylic acids is 1. The van der Waals surface area contributed by atoms with Crippen molar-refractivity contribution in [2.45, 2.75) is 4.90 Å². The van der Waals surface area contributed by atoms with E-state index < -0.39 is 16.1 Å². The summed E-state index contributed by atoms with van der Waals surface area (Å²) in [5.74, 6) is 0.310. The van der Waals surface area contributed by atoms with E-state index in [0.29, 0.717) is 28.1 Å². The molecule has 0 bridgehead atoms. The minimum absolute atomic E-state index is 0.0221. The van der Waals surface area contributed by atoms with E-state index in [1.807, 2.05) is 12.1 Å². The molecule has 1 amide bonds. The summed E-state index contributed by atoms with van der Waals surface area (Å²) in [5, 5.41) is 15.6. The van der Waals surface area contributed by atoms with Crippen molar-refractivity contribution < 1.29 is 17.9 Å². The molecule has 4 aromatic carbocycles. The molecule has 0 spiro atoms. The second-order valence-corrected chi connectivity index (χ2v) is 9.19. The molecule has 4 rings (SSSR count). The molecule has 0 atom stereocenters. The Bertz CT molecular complexity index is 1520. The minimum atomic E-state index is -3.88. The molecule has 176 valence electrons. The maximum atomic E-state index is 12.4. The van der Waals surface area contributed by atoms with Crippen LogP contribution >= 0.6 is 0 Å². The van der Waals surface area contributed by atoms with Crippen molar-refractivity contribution in [1.29, 1.82) is 5.41 Å². The third-order valence-corrected chi connectivity index (χ3v) is 6.16. The van der Waals surface area contributed by atoms with Gasteiger partial charge in [-0.1, -0.05) is 60.7 Å². The summed E-state index contributed by atoms with van der Waals surface area (Å²) in [5.41, 5.74) is 9.38. The number of hydrogen-bond acceptors (Lipinski definition) is 5. The molecule has 9 heteroatoms. The summed E-state index contributed by atoms with van der Waals surface area (Å²) in [7, 11) is -3.88. The first-order valence-electron chi connectivity index (χ1n) is 10.5. The number of anilines is 1. The highest BCUT2D eigenvalue weighted by molar-refractivity contribution is 7.89. The summed E-state index contributed by atoms with van der Waals surface area (Å²) in [6, 6.07) is 27.3. The summed E-state index contributed by atoms with van der Waals surface area (Å²) < 4.78 is 29.2. The number of nitrogens with one attached hydrogen (secondary N) is 2. The van der Waals surface area contributed by atoms with Gasteiger partial charge in [0, 0.05) is 16.8 Å². The molecule has 0 saturated carbocycles. The van der Waals surface area contributed by atoms with Crippen LogP contribution in [0.15, 0.2) is 102 Å². The number of nitrogen functional groups attached to an aromatic ring is 1. The largest absolute Gasteiger partial charge is 0.417 e. The van der Waals surface area contributed by atoms with Gasteiger partial charge in [-0.25, -0.2) is 18.4 Å². The molecular formula is C26H22N4O4S. The van der Waals surface area contributed by atoms with Crippen LogP contribution in [0.3, 0.4) is 0 Å². The molecule has 0 aliphatic carbocycles. The molecule has 35 heavy (non-hydrogen) atoms. The number of primary sulfonamides is 1. The van der Waals surface area contributed by atoms with Crippen molar-refractivity contribution in [2.75, 3.05) is 5.32 Å². The molecule has 0 fully saturated rings. The van der Waals surface area contributed by atoms with Crippen LogP contribution < -0.4 is 20.9 Å². The van der Waals surface area contributed by atoms with Gasteiger partial charge < -0.3 is 10.5 Å². The van der Waals surface area contributed by atoms with Gasteiger partial charge in [0.2, 0.25) is 10.0 Å². The predicted molar refractivity (Wildman–Crippen MR) is 136 cm³/mol. The molecule has 4 aromatic rings. The van der Waals surface area contributed by atoms with Gasteiger partial charge in [0.25, 0.3) is 0 Å². The number of hydrogen-bond donors (Lipinski definition) is 4. The number of amidine groups is 1.